The van der Waals surface area contributed by atoms with E-state index in [1.165, 1.54) is 19.3 Å². The lowest BCUT2D eigenvalue weighted by atomic mass is 9.86. The normalized spacial score (nSPS) is 30.8. The average molecular weight is 182 g/mol. The summed E-state index contributed by atoms with van der Waals surface area (Å²) in [5.41, 5.74) is 0. The van der Waals surface area contributed by atoms with Gasteiger partial charge < -0.3 is 0 Å². The molecule has 3 unspecified atom stereocenters. The van der Waals surface area contributed by atoms with E-state index in [9.17, 15) is 4.79 Å². The van der Waals surface area contributed by atoms with Crippen LogP contribution >= 0.6 is 0 Å². The summed E-state index contributed by atoms with van der Waals surface area (Å²) in [6.07, 6.45) is 5.84. The van der Waals surface area contributed by atoms with E-state index >= 15 is 0 Å². The number of hydrogen-bond donors (Lipinski definition) is 0. The Morgan fingerprint density at radius 2 is 2.23 bits per heavy atom. The van der Waals surface area contributed by atoms with Gasteiger partial charge in [-0.2, -0.15) is 0 Å². The third kappa shape index (κ3) is 2.82. The minimum Gasteiger partial charge on any atom is -0.299 e. The molecule has 0 amide bonds. The topological polar surface area (TPSA) is 17.1 Å². The first-order valence-electron chi connectivity index (χ1n) is 5.67. The van der Waals surface area contributed by atoms with Gasteiger partial charge in [0, 0.05) is 12.3 Å². The minimum atomic E-state index is 0.347. The molecular weight excluding hydrogens is 160 g/mol. The van der Waals surface area contributed by atoms with Crippen molar-refractivity contribution in [3.05, 3.63) is 0 Å². The Labute approximate surface area is 81.9 Å². The van der Waals surface area contributed by atoms with E-state index in [2.05, 4.69) is 20.8 Å². The highest BCUT2D eigenvalue weighted by molar-refractivity contribution is 5.82. The van der Waals surface area contributed by atoms with Crippen molar-refractivity contribution >= 4 is 5.78 Å². The average Bonchev–Trinajstić information content (AvgIpc) is 2.37. The smallest absolute Gasteiger partial charge is 0.135 e. The second kappa shape index (κ2) is 4.78. The molecule has 1 nitrogen and oxygen atoms in total. The summed E-state index contributed by atoms with van der Waals surface area (Å²) in [6, 6.07) is 0. The van der Waals surface area contributed by atoms with E-state index in [-0.39, 0.29) is 0 Å². The number of Topliss-reactive ketones (excluding diaryl/α,β-unsaturated/α-hetero) is 1. The number of hydrogen-bond acceptors (Lipinski definition) is 1. The molecule has 0 saturated heterocycles. The van der Waals surface area contributed by atoms with Gasteiger partial charge >= 0.3 is 0 Å². The summed E-state index contributed by atoms with van der Waals surface area (Å²) in [7, 11) is 0. The molecule has 76 valence electrons. The van der Waals surface area contributed by atoms with Crippen molar-refractivity contribution in [2.75, 3.05) is 0 Å². The Morgan fingerprint density at radius 3 is 2.69 bits per heavy atom. The zero-order valence-electron chi connectivity index (χ0n) is 9.18. The van der Waals surface area contributed by atoms with Gasteiger partial charge in [0.15, 0.2) is 0 Å². The van der Waals surface area contributed by atoms with Crippen LogP contribution in [0.4, 0.5) is 0 Å². The number of carbonyl (C=O) groups excluding carboxylic acids is 1. The summed E-state index contributed by atoms with van der Waals surface area (Å²) < 4.78 is 0. The SMILES string of the molecule is CCCC(C)CC1CCC(=O)C1C. The quantitative estimate of drug-likeness (QED) is 0.651. The minimum absolute atomic E-state index is 0.347. The van der Waals surface area contributed by atoms with E-state index in [1.807, 2.05) is 0 Å². The maximum atomic E-state index is 11.3. The second-order valence-electron chi connectivity index (χ2n) is 4.68. The summed E-state index contributed by atoms with van der Waals surface area (Å²) in [5.74, 6) is 2.34. The first kappa shape index (κ1) is 10.7. The standard InChI is InChI=1S/C12H22O/c1-4-5-9(2)8-11-6-7-12(13)10(11)3/h9-11H,4-8H2,1-3H3. The molecule has 1 saturated carbocycles. The Balaban J connectivity index is 2.33. The van der Waals surface area contributed by atoms with Crippen molar-refractivity contribution in [2.24, 2.45) is 17.8 Å². The van der Waals surface area contributed by atoms with Crippen LogP contribution in [0.1, 0.15) is 52.9 Å². The largest absolute Gasteiger partial charge is 0.299 e. The molecule has 1 aliphatic rings. The Kier molecular flexibility index (Phi) is 3.95. The summed E-state index contributed by atoms with van der Waals surface area (Å²) in [4.78, 5) is 11.3. The van der Waals surface area contributed by atoms with Crippen molar-refractivity contribution in [3.8, 4) is 0 Å². The van der Waals surface area contributed by atoms with Crippen molar-refractivity contribution in [2.45, 2.75) is 52.9 Å². The first-order chi connectivity index (χ1) is 6.15. The molecule has 1 rings (SSSR count). The molecular formula is C12H22O. The molecule has 13 heavy (non-hydrogen) atoms. The maximum Gasteiger partial charge on any atom is 0.135 e. The molecule has 0 aromatic carbocycles. The Hall–Kier alpha value is -0.330. The van der Waals surface area contributed by atoms with Gasteiger partial charge in [0.05, 0.1) is 0 Å². The molecule has 0 aromatic heterocycles. The number of rotatable bonds is 4. The van der Waals surface area contributed by atoms with Gasteiger partial charge in [0.25, 0.3) is 0 Å². The van der Waals surface area contributed by atoms with Crippen LogP contribution in [0.5, 0.6) is 0 Å². The third-order valence-corrected chi connectivity index (χ3v) is 3.46. The molecule has 1 aliphatic carbocycles. The van der Waals surface area contributed by atoms with Crippen LogP contribution in [0.25, 0.3) is 0 Å². The van der Waals surface area contributed by atoms with Crippen molar-refractivity contribution in [1.82, 2.24) is 0 Å². The Bertz CT molecular complexity index is 174. The molecule has 3 atom stereocenters. The van der Waals surface area contributed by atoms with Crippen LogP contribution in [-0.4, -0.2) is 5.78 Å². The first-order valence-corrected chi connectivity index (χ1v) is 5.67. The maximum absolute atomic E-state index is 11.3. The van der Waals surface area contributed by atoms with Gasteiger partial charge in [-0.15, -0.1) is 0 Å². The monoisotopic (exact) mass is 182 g/mol. The molecule has 1 fully saturated rings. The fraction of sp³-hybridized carbons (Fsp3) is 0.917. The van der Waals surface area contributed by atoms with Crippen LogP contribution in [0.2, 0.25) is 0 Å². The summed E-state index contributed by atoms with van der Waals surface area (Å²) in [6.45, 7) is 6.66. The van der Waals surface area contributed by atoms with Gasteiger partial charge in [0.2, 0.25) is 0 Å². The lowest BCUT2D eigenvalue weighted by Gasteiger charge is -2.18. The zero-order chi connectivity index (χ0) is 9.84. The van der Waals surface area contributed by atoms with Gasteiger partial charge in [-0.25, -0.2) is 0 Å². The molecule has 0 radical (unpaired) electrons. The van der Waals surface area contributed by atoms with Crippen molar-refractivity contribution in [1.29, 1.82) is 0 Å². The lowest BCUT2D eigenvalue weighted by molar-refractivity contribution is -0.120. The Morgan fingerprint density at radius 1 is 1.54 bits per heavy atom. The van der Waals surface area contributed by atoms with E-state index in [1.54, 1.807) is 0 Å². The predicted octanol–water partition coefficient (Wildman–Crippen LogP) is 3.43. The second-order valence-corrected chi connectivity index (χ2v) is 4.68. The highest BCUT2D eigenvalue weighted by atomic mass is 16.1. The fourth-order valence-corrected chi connectivity index (χ4v) is 2.52. The van der Waals surface area contributed by atoms with E-state index < -0.39 is 0 Å². The molecule has 0 aliphatic heterocycles. The van der Waals surface area contributed by atoms with Crippen molar-refractivity contribution in [3.63, 3.8) is 0 Å². The van der Waals surface area contributed by atoms with Crippen LogP contribution in [0, 0.1) is 17.8 Å². The van der Waals surface area contributed by atoms with Gasteiger partial charge in [-0.3, -0.25) is 4.79 Å². The molecule has 0 N–H and O–H groups in total. The van der Waals surface area contributed by atoms with E-state index in [0.29, 0.717) is 17.6 Å². The highest BCUT2D eigenvalue weighted by Gasteiger charge is 2.31. The van der Waals surface area contributed by atoms with Crippen LogP contribution < -0.4 is 0 Å². The molecule has 0 aromatic rings. The van der Waals surface area contributed by atoms with Crippen LogP contribution in [0.3, 0.4) is 0 Å². The molecule has 0 spiro atoms. The molecule has 0 bridgehead atoms. The van der Waals surface area contributed by atoms with Gasteiger partial charge in [-0.05, 0) is 24.7 Å². The lowest BCUT2D eigenvalue weighted by Crippen LogP contribution is -2.13. The molecule has 0 heterocycles. The van der Waals surface area contributed by atoms with Gasteiger partial charge in [-0.1, -0.05) is 33.6 Å². The van der Waals surface area contributed by atoms with E-state index in [0.717, 1.165) is 18.8 Å². The van der Waals surface area contributed by atoms with Crippen LogP contribution in [0.15, 0.2) is 0 Å². The van der Waals surface area contributed by atoms with Crippen molar-refractivity contribution < 1.29 is 4.79 Å². The van der Waals surface area contributed by atoms with Gasteiger partial charge in [0.1, 0.15) is 5.78 Å². The van der Waals surface area contributed by atoms with E-state index in [4.69, 9.17) is 0 Å². The molecule has 1 heteroatoms. The number of carbonyl (C=O) groups is 1. The fourth-order valence-electron chi connectivity index (χ4n) is 2.52. The predicted molar refractivity (Wildman–Crippen MR) is 55.6 cm³/mol. The zero-order valence-corrected chi connectivity index (χ0v) is 9.18. The summed E-state index contributed by atoms with van der Waals surface area (Å²) in [5, 5.41) is 0. The van der Waals surface area contributed by atoms with Crippen LogP contribution in [-0.2, 0) is 4.79 Å². The number of ketones is 1. The highest BCUT2D eigenvalue weighted by Crippen LogP contribution is 2.34. The third-order valence-electron chi connectivity index (χ3n) is 3.46. The summed E-state index contributed by atoms with van der Waals surface area (Å²) >= 11 is 0.